The van der Waals surface area contributed by atoms with Crippen LogP contribution >= 0.6 is 11.8 Å². The third kappa shape index (κ3) is 4.56. The monoisotopic (exact) mass is 532 g/mol. The fourth-order valence-corrected chi connectivity index (χ4v) is 8.32. The van der Waals surface area contributed by atoms with E-state index in [1.54, 1.807) is 12.1 Å². The summed E-state index contributed by atoms with van der Waals surface area (Å²) in [6.45, 7) is 2.47. The predicted octanol–water partition coefficient (Wildman–Crippen LogP) is 0.612. The van der Waals surface area contributed by atoms with Crippen LogP contribution in [0.15, 0.2) is 29.2 Å². The van der Waals surface area contributed by atoms with Crippen LogP contribution in [0.4, 0.5) is 0 Å². The Morgan fingerprint density at radius 3 is 2.54 bits per heavy atom. The quantitative estimate of drug-likeness (QED) is 0.260. The SMILES string of the molecule is CCCCC1SCC(C(=O)[C@@]2(O)CO[C@H]3[C@@H]2OC[C@]3(O)O[N+](=O)[O-])N1S(=O)(=O)c1ccc(C)cc1. The highest BCUT2D eigenvalue weighted by molar-refractivity contribution is 8.01. The standard InChI is InChI=1S/C21H28N2O10S2/c1-3-4-5-16-22(35(29,30)14-8-6-13(2)7-9-14)15(10-34-16)17(24)20(25)11-31-19-18(20)32-12-21(19,26)33-23(27)28/h6-9,15-16,18-19,25-26H,3-5,10-12H2,1-2H3/t15?,16?,18-,19-,20-,21-/m0/s1. The number of rotatable bonds is 9. The summed E-state index contributed by atoms with van der Waals surface area (Å²) < 4.78 is 39.2. The van der Waals surface area contributed by atoms with Crippen molar-refractivity contribution in [2.75, 3.05) is 19.0 Å². The molecule has 0 radical (unpaired) electrons. The number of sulfonamides is 1. The molecule has 2 unspecified atom stereocenters. The van der Waals surface area contributed by atoms with Gasteiger partial charge < -0.3 is 19.7 Å². The van der Waals surface area contributed by atoms with Gasteiger partial charge in [0.2, 0.25) is 10.0 Å². The molecular formula is C21H28N2O10S2. The smallest absolute Gasteiger partial charge is 0.297 e. The number of aryl methyl sites for hydroxylation is 1. The lowest BCUT2D eigenvalue weighted by Gasteiger charge is -2.33. The molecule has 35 heavy (non-hydrogen) atoms. The molecule has 194 valence electrons. The van der Waals surface area contributed by atoms with E-state index in [1.807, 2.05) is 13.8 Å². The maximum Gasteiger partial charge on any atom is 0.297 e. The number of thioether (sulfide) groups is 1. The third-order valence-electron chi connectivity index (χ3n) is 6.54. The van der Waals surface area contributed by atoms with Crippen molar-refractivity contribution in [2.45, 2.75) is 73.0 Å². The molecule has 4 rings (SSSR count). The molecule has 3 saturated heterocycles. The maximum absolute atomic E-state index is 13.7. The molecule has 0 aliphatic carbocycles. The molecule has 3 aliphatic heterocycles. The Labute approximate surface area is 206 Å². The molecule has 0 bridgehead atoms. The molecule has 0 saturated carbocycles. The van der Waals surface area contributed by atoms with E-state index in [1.165, 1.54) is 23.9 Å². The minimum Gasteiger partial charge on any atom is -0.377 e. The van der Waals surface area contributed by atoms with E-state index in [4.69, 9.17) is 9.47 Å². The van der Waals surface area contributed by atoms with E-state index in [9.17, 15) is 33.5 Å². The molecule has 3 heterocycles. The summed E-state index contributed by atoms with van der Waals surface area (Å²) in [6.07, 6.45) is -0.884. The van der Waals surface area contributed by atoms with Crippen LogP contribution in [0.5, 0.6) is 0 Å². The summed E-state index contributed by atoms with van der Waals surface area (Å²) in [6, 6.07) is 5.06. The van der Waals surface area contributed by atoms with Gasteiger partial charge in [-0.3, -0.25) is 9.63 Å². The third-order valence-corrected chi connectivity index (χ3v) is 9.96. The second-order valence-corrected chi connectivity index (χ2v) is 12.1. The van der Waals surface area contributed by atoms with E-state index < -0.39 is 69.1 Å². The Morgan fingerprint density at radius 2 is 1.91 bits per heavy atom. The first kappa shape index (κ1) is 26.3. The Balaban J connectivity index is 1.65. The average molecular weight is 533 g/mol. The van der Waals surface area contributed by atoms with Crippen LogP contribution in [0.25, 0.3) is 0 Å². The summed E-state index contributed by atoms with van der Waals surface area (Å²) >= 11 is 1.31. The maximum atomic E-state index is 13.7. The van der Waals surface area contributed by atoms with E-state index in [2.05, 4.69) is 4.84 Å². The number of carbonyl (C=O) groups excluding carboxylic acids is 1. The highest BCUT2D eigenvalue weighted by atomic mass is 32.2. The minimum absolute atomic E-state index is 0.0308. The first-order chi connectivity index (χ1) is 16.4. The van der Waals surface area contributed by atoms with Crippen LogP contribution in [-0.2, 0) is 29.1 Å². The lowest BCUT2D eigenvalue weighted by Crippen LogP contribution is -2.59. The van der Waals surface area contributed by atoms with Gasteiger partial charge in [-0.25, -0.2) is 8.42 Å². The van der Waals surface area contributed by atoms with Crippen molar-refractivity contribution < 1.29 is 42.8 Å². The van der Waals surface area contributed by atoms with Gasteiger partial charge in [0.05, 0.1) is 22.9 Å². The first-order valence-corrected chi connectivity index (χ1v) is 13.7. The molecule has 6 atom stereocenters. The summed E-state index contributed by atoms with van der Waals surface area (Å²) in [4.78, 5) is 28.9. The normalized spacial score (nSPS) is 35.2. The van der Waals surface area contributed by atoms with Crippen molar-refractivity contribution >= 4 is 27.6 Å². The minimum atomic E-state index is -4.11. The largest absolute Gasteiger partial charge is 0.377 e. The van der Waals surface area contributed by atoms with Gasteiger partial charge in [-0.15, -0.1) is 21.9 Å². The van der Waals surface area contributed by atoms with Gasteiger partial charge in [0.25, 0.3) is 10.9 Å². The Kier molecular flexibility index (Phi) is 7.18. The van der Waals surface area contributed by atoms with Crippen molar-refractivity contribution in [3.8, 4) is 0 Å². The van der Waals surface area contributed by atoms with Gasteiger partial charge in [-0.1, -0.05) is 37.5 Å². The molecule has 1 aromatic carbocycles. The molecule has 3 fully saturated rings. The Morgan fingerprint density at radius 1 is 1.26 bits per heavy atom. The van der Waals surface area contributed by atoms with Crippen LogP contribution in [-0.4, -0.2) is 87.8 Å². The molecule has 0 amide bonds. The number of Topliss-reactive ketones (excluding diaryl/α,β-unsaturated/α-hetero) is 1. The fraction of sp³-hybridized carbons (Fsp3) is 0.667. The first-order valence-electron chi connectivity index (χ1n) is 11.2. The number of benzene rings is 1. The number of hydrogen-bond acceptors (Lipinski definition) is 11. The lowest BCUT2D eigenvalue weighted by molar-refractivity contribution is -0.797. The topological polar surface area (TPSA) is 166 Å². The molecule has 1 aromatic rings. The molecule has 12 nitrogen and oxygen atoms in total. The number of hydrogen-bond donors (Lipinski definition) is 2. The number of ketones is 1. The second-order valence-electron chi connectivity index (χ2n) is 9.01. The van der Waals surface area contributed by atoms with Crippen molar-refractivity contribution in [1.82, 2.24) is 4.31 Å². The van der Waals surface area contributed by atoms with Gasteiger partial charge in [-0.2, -0.15) is 4.31 Å². The molecule has 0 aromatic heterocycles. The molecule has 14 heteroatoms. The number of aliphatic hydroxyl groups is 2. The van der Waals surface area contributed by atoms with Crippen LogP contribution in [0.1, 0.15) is 31.7 Å². The van der Waals surface area contributed by atoms with Gasteiger partial charge in [0.1, 0.15) is 18.8 Å². The van der Waals surface area contributed by atoms with E-state index >= 15 is 0 Å². The number of ether oxygens (including phenoxy) is 2. The van der Waals surface area contributed by atoms with Gasteiger partial charge in [0.15, 0.2) is 11.4 Å². The van der Waals surface area contributed by atoms with E-state index in [0.717, 1.165) is 22.7 Å². The Bertz CT molecular complexity index is 1080. The van der Waals surface area contributed by atoms with E-state index in [0.29, 0.717) is 6.42 Å². The highest BCUT2D eigenvalue weighted by Gasteiger charge is 2.68. The number of fused-ring (bicyclic) bond motifs is 1. The predicted molar refractivity (Wildman–Crippen MR) is 122 cm³/mol. The molecule has 3 aliphatic rings. The van der Waals surface area contributed by atoms with Crippen molar-refractivity contribution in [3.05, 3.63) is 39.9 Å². The summed E-state index contributed by atoms with van der Waals surface area (Å²) in [5.41, 5.74) is -1.46. The van der Waals surface area contributed by atoms with Crippen LogP contribution in [0.3, 0.4) is 0 Å². The summed E-state index contributed by atoms with van der Waals surface area (Å²) in [5.74, 6) is -3.24. The van der Waals surface area contributed by atoms with Crippen LogP contribution in [0.2, 0.25) is 0 Å². The highest BCUT2D eigenvalue weighted by Crippen LogP contribution is 2.44. The average Bonchev–Trinajstić information content (AvgIpc) is 3.47. The molecule has 2 N–H and O–H groups in total. The number of nitrogens with zero attached hydrogens (tertiary/aromatic N) is 2. The van der Waals surface area contributed by atoms with Crippen molar-refractivity contribution in [2.24, 2.45) is 0 Å². The molecular weight excluding hydrogens is 504 g/mol. The number of carbonyl (C=O) groups is 1. The second kappa shape index (κ2) is 9.57. The van der Waals surface area contributed by atoms with Gasteiger partial charge in [-0.05, 0) is 25.5 Å². The van der Waals surface area contributed by atoms with Gasteiger partial charge in [0, 0.05) is 5.75 Å². The van der Waals surface area contributed by atoms with Crippen LogP contribution < -0.4 is 0 Å². The van der Waals surface area contributed by atoms with Crippen molar-refractivity contribution in [1.29, 1.82) is 0 Å². The zero-order valence-electron chi connectivity index (χ0n) is 19.2. The Hall–Kier alpha value is -1.81. The van der Waals surface area contributed by atoms with E-state index in [-0.39, 0.29) is 10.6 Å². The summed E-state index contributed by atoms with van der Waals surface area (Å²) in [5, 5.41) is 30.9. The zero-order valence-corrected chi connectivity index (χ0v) is 20.9. The van der Waals surface area contributed by atoms with Crippen LogP contribution in [0, 0.1) is 17.0 Å². The lowest BCUT2D eigenvalue weighted by atomic mass is 9.87. The zero-order chi connectivity index (χ0) is 25.6. The molecule has 0 spiro atoms. The van der Waals surface area contributed by atoms with Gasteiger partial charge >= 0.3 is 0 Å². The fourth-order valence-electron chi connectivity index (χ4n) is 4.71. The van der Waals surface area contributed by atoms with Crippen molar-refractivity contribution in [3.63, 3.8) is 0 Å². The summed E-state index contributed by atoms with van der Waals surface area (Å²) in [7, 11) is -4.11. The number of unbranched alkanes of at least 4 members (excludes halogenated alkanes) is 1.